The molecule has 1 aliphatic rings. The van der Waals surface area contributed by atoms with Crippen LogP contribution in [-0.2, 0) is 4.79 Å². The normalized spacial score (nSPS) is 17.4. The van der Waals surface area contributed by atoms with Gasteiger partial charge in [0.05, 0.1) is 11.1 Å². The Morgan fingerprint density at radius 2 is 1.93 bits per heavy atom. The zero-order chi connectivity index (χ0) is 19.4. The Balaban J connectivity index is 1.80. The second-order valence-corrected chi connectivity index (χ2v) is 6.64. The summed E-state index contributed by atoms with van der Waals surface area (Å²) in [6, 6.07) is 10.2. The molecule has 1 amide bonds. The van der Waals surface area contributed by atoms with Crippen molar-refractivity contribution in [2.75, 3.05) is 11.9 Å². The number of benzene rings is 2. The number of halogens is 4. The first-order chi connectivity index (χ1) is 12.8. The molecule has 4 nitrogen and oxygen atoms in total. The Morgan fingerprint density at radius 1 is 1.15 bits per heavy atom. The van der Waals surface area contributed by atoms with Crippen molar-refractivity contribution >= 4 is 23.2 Å². The van der Waals surface area contributed by atoms with Crippen LogP contribution in [0.4, 0.5) is 18.9 Å². The van der Waals surface area contributed by atoms with E-state index in [4.69, 9.17) is 11.6 Å². The van der Waals surface area contributed by atoms with Gasteiger partial charge in [0.15, 0.2) is 0 Å². The van der Waals surface area contributed by atoms with Crippen LogP contribution in [0.2, 0.25) is 5.02 Å². The van der Waals surface area contributed by atoms with Gasteiger partial charge in [0.1, 0.15) is 5.75 Å². The molecule has 0 aromatic heterocycles. The van der Waals surface area contributed by atoms with E-state index in [-0.39, 0.29) is 28.3 Å². The molecule has 1 unspecified atom stereocenters. The van der Waals surface area contributed by atoms with Crippen LogP contribution in [0.5, 0.6) is 5.75 Å². The predicted octanol–water partition coefficient (Wildman–Crippen LogP) is 4.99. The highest BCUT2D eigenvalue weighted by atomic mass is 35.5. The molecular formula is C19H18ClF3N2O2. The van der Waals surface area contributed by atoms with Crippen molar-refractivity contribution in [1.29, 1.82) is 0 Å². The van der Waals surface area contributed by atoms with Crippen LogP contribution in [0, 0.1) is 0 Å². The number of hydrogen-bond acceptors (Lipinski definition) is 3. The zero-order valence-corrected chi connectivity index (χ0v) is 15.0. The standard InChI is InChI=1S/C19H18ClF3N2O2/c20-15-11-12(25-18(26)16-6-3-4-10-24-16)8-9-13(15)14-5-1-2-7-17(14)27-19(21,22)23/h1-2,5,7-9,11,16,24H,3-4,6,10H2,(H,25,26). The van der Waals surface area contributed by atoms with E-state index in [2.05, 4.69) is 15.4 Å². The van der Waals surface area contributed by atoms with Gasteiger partial charge in [0, 0.05) is 16.8 Å². The third-order valence-electron chi connectivity index (χ3n) is 4.27. The summed E-state index contributed by atoms with van der Waals surface area (Å²) < 4.78 is 41.9. The maximum absolute atomic E-state index is 12.6. The van der Waals surface area contributed by atoms with E-state index < -0.39 is 6.36 Å². The number of alkyl halides is 3. The van der Waals surface area contributed by atoms with Gasteiger partial charge in [-0.1, -0.05) is 42.3 Å². The molecular weight excluding hydrogens is 381 g/mol. The van der Waals surface area contributed by atoms with E-state index in [0.29, 0.717) is 11.3 Å². The van der Waals surface area contributed by atoms with Gasteiger partial charge < -0.3 is 15.4 Å². The van der Waals surface area contributed by atoms with Crippen molar-refractivity contribution < 1.29 is 22.7 Å². The number of hydrogen-bond donors (Lipinski definition) is 2. The molecule has 1 fully saturated rings. The van der Waals surface area contributed by atoms with Crippen molar-refractivity contribution in [3.05, 3.63) is 47.5 Å². The van der Waals surface area contributed by atoms with Crippen molar-refractivity contribution in [2.24, 2.45) is 0 Å². The Labute approximate surface area is 159 Å². The van der Waals surface area contributed by atoms with Crippen LogP contribution in [0.3, 0.4) is 0 Å². The molecule has 0 spiro atoms. The molecule has 2 aromatic carbocycles. The maximum atomic E-state index is 12.6. The molecule has 144 valence electrons. The van der Waals surface area contributed by atoms with Crippen LogP contribution < -0.4 is 15.4 Å². The lowest BCUT2D eigenvalue weighted by Crippen LogP contribution is -2.43. The monoisotopic (exact) mass is 398 g/mol. The fourth-order valence-electron chi connectivity index (χ4n) is 3.02. The average Bonchev–Trinajstić information content (AvgIpc) is 2.62. The molecule has 0 bridgehead atoms. The molecule has 0 saturated carbocycles. The summed E-state index contributed by atoms with van der Waals surface area (Å²) in [4.78, 5) is 12.3. The Bertz CT molecular complexity index is 821. The number of carbonyl (C=O) groups is 1. The first-order valence-corrected chi connectivity index (χ1v) is 8.90. The number of carbonyl (C=O) groups excluding carboxylic acids is 1. The Kier molecular flexibility index (Phi) is 5.92. The maximum Gasteiger partial charge on any atom is 0.573 e. The highest BCUT2D eigenvalue weighted by Crippen LogP contribution is 2.38. The Morgan fingerprint density at radius 3 is 2.59 bits per heavy atom. The number of anilines is 1. The summed E-state index contributed by atoms with van der Waals surface area (Å²) >= 11 is 6.27. The lowest BCUT2D eigenvalue weighted by molar-refractivity contribution is -0.274. The fourth-order valence-corrected chi connectivity index (χ4v) is 3.30. The number of ether oxygens (including phenoxy) is 1. The minimum Gasteiger partial charge on any atom is -0.405 e. The van der Waals surface area contributed by atoms with Gasteiger partial charge in [-0.05, 0) is 37.6 Å². The molecule has 1 atom stereocenters. The summed E-state index contributed by atoms with van der Waals surface area (Å²) in [5.41, 5.74) is 1.08. The summed E-state index contributed by atoms with van der Waals surface area (Å²) in [7, 11) is 0. The van der Waals surface area contributed by atoms with Gasteiger partial charge >= 0.3 is 6.36 Å². The quantitative estimate of drug-likeness (QED) is 0.763. The van der Waals surface area contributed by atoms with E-state index in [1.54, 1.807) is 18.2 Å². The lowest BCUT2D eigenvalue weighted by Gasteiger charge is -2.22. The summed E-state index contributed by atoms with van der Waals surface area (Å²) in [6.07, 6.45) is -2.01. The van der Waals surface area contributed by atoms with E-state index in [1.807, 2.05) is 0 Å². The SMILES string of the molecule is O=C(Nc1ccc(-c2ccccc2OC(F)(F)F)c(Cl)c1)C1CCCCN1. The average molecular weight is 399 g/mol. The van der Waals surface area contributed by atoms with Crippen LogP contribution in [0.1, 0.15) is 19.3 Å². The van der Waals surface area contributed by atoms with E-state index in [9.17, 15) is 18.0 Å². The lowest BCUT2D eigenvalue weighted by atomic mass is 10.0. The number of piperidine rings is 1. The third-order valence-corrected chi connectivity index (χ3v) is 4.58. The Hall–Kier alpha value is -2.25. The molecule has 1 heterocycles. The van der Waals surface area contributed by atoms with Gasteiger partial charge in [-0.25, -0.2) is 0 Å². The van der Waals surface area contributed by atoms with Gasteiger partial charge in [-0.2, -0.15) is 0 Å². The molecule has 1 saturated heterocycles. The molecule has 27 heavy (non-hydrogen) atoms. The van der Waals surface area contributed by atoms with Gasteiger partial charge in [0.25, 0.3) is 0 Å². The van der Waals surface area contributed by atoms with E-state index >= 15 is 0 Å². The second-order valence-electron chi connectivity index (χ2n) is 6.23. The van der Waals surface area contributed by atoms with E-state index in [1.165, 1.54) is 24.3 Å². The largest absolute Gasteiger partial charge is 0.573 e. The summed E-state index contributed by atoms with van der Waals surface area (Å²) in [5, 5.41) is 6.15. The zero-order valence-electron chi connectivity index (χ0n) is 14.3. The molecule has 8 heteroatoms. The summed E-state index contributed by atoms with van der Waals surface area (Å²) in [5.74, 6) is -0.491. The van der Waals surface area contributed by atoms with Crippen molar-refractivity contribution in [1.82, 2.24) is 5.32 Å². The minimum absolute atomic E-state index is 0.153. The predicted molar refractivity (Wildman–Crippen MR) is 97.8 cm³/mol. The molecule has 0 radical (unpaired) electrons. The van der Waals surface area contributed by atoms with Crippen LogP contribution in [0.25, 0.3) is 11.1 Å². The van der Waals surface area contributed by atoms with Crippen molar-refractivity contribution in [3.8, 4) is 16.9 Å². The summed E-state index contributed by atoms with van der Waals surface area (Å²) in [6.45, 7) is 0.799. The first-order valence-electron chi connectivity index (χ1n) is 8.52. The topological polar surface area (TPSA) is 50.4 Å². The second kappa shape index (κ2) is 8.19. The number of rotatable bonds is 4. The van der Waals surface area contributed by atoms with Crippen LogP contribution in [-0.4, -0.2) is 24.9 Å². The van der Waals surface area contributed by atoms with E-state index in [0.717, 1.165) is 25.8 Å². The van der Waals surface area contributed by atoms with Crippen LogP contribution >= 0.6 is 11.6 Å². The number of nitrogens with one attached hydrogen (secondary N) is 2. The smallest absolute Gasteiger partial charge is 0.405 e. The number of amides is 1. The first kappa shape index (κ1) is 19.5. The minimum atomic E-state index is -4.80. The highest BCUT2D eigenvalue weighted by Gasteiger charge is 2.32. The molecule has 2 aromatic rings. The molecule has 3 rings (SSSR count). The van der Waals surface area contributed by atoms with Gasteiger partial charge in [0.2, 0.25) is 5.91 Å². The van der Waals surface area contributed by atoms with Crippen molar-refractivity contribution in [3.63, 3.8) is 0 Å². The molecule has 2 N–H and O–H groups in total. The molecule has 0 aliphatic carbocycles. The highest BCUT2D eigenvalue weighted by molar-refractivity contribution is 6.33. The fraction of sp³-hybridized carbons (Fsp3) is 0.316. The van der Waals surface area contributed by atoms with Gasteiger partial charge in [-0.15, -0.1) is 13.2 Å². The van der Waals surface area contributed by atoms with Crippen molar-refractivity contribution in [2.45, 2.75) is 31.7 Å². The molecule has 1 aliphatic heterocycles. The third kappa shape index (κ3) is 5.14. The number of para-hydroxylation sites is 1. The van der Waals surface area contributed by atoms with Crippen LogP contribution in [0.15, 0.2) is 42.5 Å². The van der Waals surface area contributed by atoms with Gasteiger partial charge in [-0.3, -0.25) is 4.79 Å².